The number of rotatable bonds is 7. The molecule has 6 nitrogen and oxygen atoms in total. The molecule has 0 spiro atoms. The van der Waals surface area contributed by atoms with Crippen LogP contribution in [0.1, 0.15) is 21.5 Å². The SMILES string of the molecule is CS(=O)(=O)N(Cc1ccccc1)c1ccc(C(=O)N/N=C/c2ccc(F)cc2)cc1. The minimum atomic E-state index is -3.51. The largest absolute Gasteiger partial charge is 0.271 e. The number of anilines is 1. The Labute approximate surface area is 174 Å². The third kappa shape index (κ3) is 5.74. The van der Waals surface area contributed by atoms with Crippen molar-refractivity contribution in [3.8, 4) is 0 Å². The van der Waals surface area contributed by atoms with Crippen molar-refractivity contribution in [2.24, 2.45) is 5.10 Å². The summed E-state index contributed by atoms with van der Waals surface area (Å²) >= 11 is 0. The summed E-state index contributed by atoms with van der Waals surface area (Å²) in [6.07, 6.45) is 2.54. The molecule has 154 valence electrons. The van der Waals surface area contributed by atoms with Crippen LogP contribution in [0.4, 0.5) is 10.1 Å². The van der Waals surface area contributed by atoms with E-state index in [2.05, 4.69) is 10.5 Å². The number of nitrogens with one attached hydrogen (secondary N) is 1. The Morgan fingerprint density at radius 1 is 1.00 bits per heavy atom. The maximum atomic E-state index is 12.9. The zero-order valence-electron chi connectivity index (χ0n) is 16.2. The van der Waals surface area contributed by atoms with E-state index in [1.165, 1.54) is 46.9 Å². The summed E-state index contributed by atoms with van der Waals surface area (Å²) in [5.41, 5.74) is 4.64. The Balaban J connectivity index is 1.70. The molecule has 0 saturated heterocycles. The number of nitrogens with zero attached hydrogens (tertiary/aromatic N) is 2. The second-order valence-electron chi connectivity index (χ2n) is 6.55. The smallest absolute Gasteiger partial charge is 0.267 e. The molecule has 3 aromatic rings. The molecule has 30 heavy (non-hydrogen) atoms. The van der Waals surface area contributed by atoms with Gasteiger partial charge in [0.25, 0.3) is 5.91 Å². The number of hydrazone groups is 1. The number of carbonyl (C=O) groups excluding carboxylic acids is 1. The van der Waals surface area contributed by atoms with Crippen molar-refractivity contribution < 1.29 is 17.6 Å². The second kappa shape index (κ2) is 9.32. The molecule has 0 fully saturated rings. The summed E-state index contributed by atoms with van der Waals surface area (Å²) in [6.45, 7) is 0.188. The third-order valence-corrected chi connectivity index (χ3v) is 5.38. The number of halogens is 1. The van der Waals surface area contributed by atoms with E-state index in [-0.39, 0.29) is 12.4 Å². The van der Waals surface area contributed by atoms with Gasteiger partial charge >= 0.3 is 0 Å². The van der Waals surface area contributed by atoms with Crippen molar-refractivity contribution in [1.29, 1.82) is 0 Å². The van der Waals surface area contributed by atoms with Crippen LogP contribution in [0.3, 0.4) is 0 Å². The maximum absolute atomic E-state index is 12.9. The highest BCUT2D eigenvalue weighted by Crippen LogP contribution is 2.21. The van der Waals surface area contributed by atoms with Gasteiger partial charge in [0.15, 0.2) is 0 Å². The van der Waals surface area contributed by atoms with Gasteiger partial charge in [-0.05, 0) is 47.5 Å². The first-order chi connectivity index (χ1) is 14.3. The van der Waals surface area contributed by atoms with Gasteiger partial charge in [-0.3, -0.25) is 9.10 Å². The topological polar surface area (TPSA) is 78.8 Å². The molecule has 0 saturated carbocycles. The molecule has 0 heterocycles. The summed E-state index contributed by atoms with van der Waals surface area (Å²) in [4.78, 5) is 12.2. The van der Waals surface area contributed by atoms with Gasteiger partial charge in [0, 0.05) is 5.56 Å². The third-order valence-electron chi connectivity index (χ3n) is 4.24. The molecule has 0 aliphatic heterocycles. The zero-order chi connectivity index (χ0) is 21.6. The van der Waals surface area contributed by atoms with Gasteiger partial charge in [0.05, 0.1) is 24.7 Å². The number of hydrogen-bond donors (Lipinski definition) is 1. The fourth-order valence-corrected chi connectivity index (χ4v) is 3.60. The Morgan fingerprint density at radius 2 is 1.63 bits per heavy atom. The number of sulfonamides is 1. The lowest BCUT2D eigenvalue weighted by molar-refractivity contribution is 0.0955. The first kappa shape index (κ1) is 21.2. The average molecular weight is 425 g/mol. The molecule has 0 aliphatic rings. The molecular weight excluding hydrogens is 405 g/mol. The maximum Gasteiger partial charge on any atom is 0.271 e. The summed E-state index contributed by atoms with van der Waals surface area (Å²) in [6, 6.07) is 21.1. The van der Waals surface area contributed by atoms with Gasteiger partial charge in [0.1, 0.15) is 5.82 Å². The lowest BCUT2D eigenvalue weighted by Gasteiger charge is -2.22. The molecule has 0 radical (unpaired) electrons. The lowest BCUT2D eigenvalue weighted by Crippen LogP contribution is -2.29. The van der Waals surface area contributed by atoms with Crippen LogP contribution in [0.25, 0.3) is 0 Å². The molecule has 0 bridgehead atoms. The summed E-state index contributed by atoms with van der Waals surface area (Å²) < 4.78 is 38.7. The first-order valence-electron chi connectivity index (χ1n) is 9.03. The number of amides is 1. The molecule has 0 aromatic heterocycles. The van der Waals surface area contributed by atoms with Crippen LogP contribution in [0.5, 0.6) is 0 Å². The summed E-state index contributed by atoms with van der Waals surface area (Å²) in [5.74, 6) is -0.805. The Kier molecular flexibility index (Phi) is 6.58. The predicted octanol–water partition coefficient (Wildman–Crippen LogP) is 3.56. The highest BCUT2D eigenvalue weighted by Gasteiger charge is 2.18. The normalized spacial score (nSPS) is 11.4. The van der Waals surface area contributed by atoms with Crippen LogP contribution in [-0.2, 0) is 16.6 Å². The minimum absolute atomic E-state index is 0.188. The summed E-state index contributed by atoms with van der Waals surface area (Å²) in [7, 11) is -3.51. The Hall–Kier alpha value is -3.52. The van der Waals surface area contributed by atoms with E-state index < -0.39 is 15.9 Å². The van der Waals surface area contributed by atoms with Gasteiger partial charge in [-0.25, -0.2) is 18.2 Å². The zero-order valence-corrected chi connectivity index (χ0v) is 17.0. The molecule has 3 rings (SSSR count). The number of benzene rings is 3. The molecule has 1 amide bonds. The van der Waals surface area contributed by atoms with Crippen molar-refractivity contribution in [2.45, 2.75) is 6.54 Å². The van der Waals surface area contributed by atoms with Crippen LogP contribution in [0.2, 0.25) is 0 Å². The fraction of sp³-hybridized carbons (Fsp3) is 0.0909. The van der Waals surface area contributed by atoms with Crippen molar-refractivity contribution in [1.82, 2.24) is 5.43 Å². The van der Waals surface area contributed by atoms with E-state index in [1.54, 1.807) is 12.1 Å². The van der Waals surface area contributed by atoms with E-state index in [4.69, 9.17) is 0 Å². The van der Waals surface area contributed by atoms with Gasteiger partial charge in [0.2, 0.25) is 10.0 Å². The molecule has 0 aliphatic carbocycles. The van der Waals surface area contributed by atoms with Crippen LogP contribution < -0.4 is 9.73 Å². The van der Waals surface area contributed by atoms with E-state index in [0.29, 0.717) is 16.8 Å². The average Bonchev–Trinajstić information content (AvgIpc) is 2.73. The van der Waals surface area contributed by atoms with Crippen molar-refractivity contribution in [2.75, 3.05) is 10.6 Å². The van der Waals surface area contributed by atoms with Crippen molar-refractivity contribution in [3.63, 3.8) is 0 Å². The van der Waals surface area contributed by atoms with E-state index in [9.17, 15) is 17.6 Å². The van der Waals surface area contributed by atoms with Crippen LogP contribution >= 0.6 is 0 Å². The Bertz CT molecular complexity index is 1130. The van der Waals surface area contributed by atoms with Gasteiger partial charge < -0.3 is 0 Å². The van der Waals surface area contributed by atoms with Crippen LogP contribution in [-0.4, -0.2) is 26.8 Å². The van der Waals surface area contributed by atoms with E-state index in [1.807, 2.05) is 30.3 Å². The number of carbonyl (C=O) groups is 1. The lowest BCUT2D eigenvalue weighted by atomic mass is 10.2. The van der Waals surface area contributed by atoms with Crippen LogP contribution in [0, 0.1) is 5.82 Å². The molecule has 3 aromatic carbocycles. The van der Waals surface area contributed by atoms with Gasteiger partial charge in [-0.1, -0.05) is 42.5 Å². The first-order valence-corrected chi connectivity index (χ1v) is 10.9. The predicted molar refractivity (Wildman–Crippen MR) is 115 cm³/mol. The van der Waals surface area contributed by atoms with Gasteiger partial charge in [-0.15, -0.1) is 0 Å². The highest BCUT2D eigenvalue weighted by molar-refractivity contribution is 7.92. The standard InChI is InChI=1S/C22H20FN3O3S/c1-30(28,29)26(16-18-5-3-2-4-6-18)21-13-9-19(10-14-21)22(27)25-24-15-17-7-11-20(23)12-8-17/h2-15H,16H2,1H3,(H,25,27)/b24-15+. The minimum Gasteiger partial charge on any atom is -0.267 e. The van der Waals surface area contributed by atoms with Crippen molar-refractivity contribution in [3.05, 3.63) is 101 Å². The fourth-order valence-electron chi connectivity index (χ4n) is 2.71. The molecular formula is C22H20FN3O3S. The molecule has 8 heteroatoms. The van der Waals surface area contributed by atoms with Crippen LogP contribution in [0.15, 0.2) is 84.0 Å². The Morgan fingerprint density at radius 3 is 2.23 bits per heavy atom. The quantitative estimate of drug-likeness (QED) is 0.464. The highest BCUT2D eigenvalue weighted by atomic mass is 32.2. The monoisotopic (exact) mass is 425 g/mol. The molecule has 0 unspecified atom stereocenters. The molecule has 1 N–H and O–H groups in total. The van der Waals surface area contributed by atoms with Crippen molar-refractivity contribution >= 4 is 27.8 Å². The molecule has 0 atom stereocenters. The number of hydrogen-bond acceptors (Lipinski definition) is 4. The second-order valence-corrected chi connectivity index (χ2v) is 8.46. The van der Waals surface area contributed by atoms with E-state index >= 15 is 0 Å². The summed E-state index contributed by atoms with van der Waals surface area (Å²) in [5, 5.41) is 3.85. The van der Waals surface area contributed by atoms with E-state index in [0.717, 1.165) is 11.8 Å². The van der Waals surface area contributed by atoms with Gasteiger partial charge in [-0.2, -0.15) is 5.10 Å².